The van der Waals surface area contributed by atoms with Gasteiger partial charge in [-0.1, -0.05) is 24.3 Å². The number of thiophene rings is 1. The van der Waals surface area contributed by atoms with Gasteiger partial charge in [0.1, 0.15) is 0 Å². The lowest BCUT2D eigenvalue weighted by Gasteiger charge is -2.38. The molecule has 0 atom stereocenters. The average Bonchev–Trinajstić information content (AvgIpc) is 3.47. The first-order chi connectivity index (χ1) is 15.5. The highest BCUT2D eigenvalue weighted by Crippen LogP contribution is 2.31. The van der Waals surface area contributed by atoms with Crippen LogP contribution >= 0.6 is 11.3 Å². The van der Waals surface area contributed by atoms with E-state index in [0.29, 0.717) is 5.56 Å². The lowest BCUT2D eigenvalue weighted by molar-refractivity contribution is 0.0711. The molecule has 7 heteroatoms. The summed E-state index contributed by atoms with van der Waals surface area (Å²) in [5.74, 6) is 0.0458. The fraction of sp³-hybridized carbons (Fsp3) is 0.320. The molecule has 0 unspecified atom stereocenters. The Morgan fingerprint density at radius 3 is 2.56 bits per heavy atom. The number of anilines is 1. The normalized spacial score (nSPS) is 14.8. The van der Waals surface area contributed by atoms with Gasteiger partial charge in [-0.3, -0.25) is 9.48 Å². The van der Waals surface area contributed by atoms with Gasteiger partial charge in [0, 0.05) is 38.9 Å². The maximum Gasteiger partial charge on any atom is 0.254 e. The Morgan fingerprint density at radius 2 is 1.88 bits per heavy atom. The third-order valence-corrected chi connectivity index (χ3v) is 7.32. The largest absolute Gasteiger partial charge is 0.371 e. The van der Waals surface area contributed by atoms with Crippen molar-refractivity contribution in [3.8, 4) is 10.6 Å². The fourth-order valence-corrected chi connectivity index (χ4v) is 5.36. The molecule has 1 fully saturated rings. The summed E-state index contributed by atoms with van der Waals surface area (Å²) in [5, 5.41) is 7.44. The number of pyridine rings is 1. The van der Waals surface area contributed by atoms with Gasteiger partial charge < -0.3 is 9.80 Å². The van der Waals surface area contributed by atoms with Crippen molar-refractivity contribution < 1.29 is 4.79 Å². The minimum Gasteiger partial charge on any atom is -0.371 e. The standard InChI is InChI=1S/C25H27N5OS/c1-17-23-20(16-21(22-10-7-15-32-22)26-24(23)29(3)27-17)25(31)28(2)18-11-13-30(14-12-18)19-8-5-4-6-9-19/h4-10,15-16,18H,11-14H2,1-3H3. The molecule has 0 N–H and O–H groups in total. The summed E-state index contributed by atoms with van der Waals surface area (Å²) in [6.45, 7) is 3.85. The Balaban J connectivity index is 1.43. The van der Waals surface area contributed by atoms with E-state index in [9.17, 15) is 4.79 Å². The highest BCUT2D eigenvalue weighted by atomic mass is 32.1. The quantitative estimate of drug-likeness (QED) is 0.455. The van der Waals surface area contributed by atoms with Crippen LogP contribution in [0.15, 0.2) is 53.9 Å². The number of piperidine rings is 1. The van der Waals surface area contributed by atoms with Crippen LogP contribution in [0.3, 0.4) is 0 Å². The van der Waals surface area contributed by atoms with Crippen molar-refractivity contribution in [3.63, 3.8) is 0 Å². The Labute approximate surface area is 192 Å². The van der Waals surface area contributed by atoms with Crippen LogP contribution in [0, 0.1) is 6.92 Å². The van der Waals surface area contributed by atoms with Gasteiger partial charge in [-0.25, -0.2) is 4.98 Å². The maximum absolute atomic E-state index is 13.7. The lowest BCUT2D eigenvalue weighted by Crippen LogP contribution is -2.45. The van der Waals surface area contributed by atoms with Crippen LogP contribution < -0.4 is 4.90 Å². The molecule has 0 bridgehead atoms. The van der Waals surface area contributed by atoms with E-state index in [-0.39, 0.29) is 11.9 Å². The smallest absolute Gasteiger partial charge is 0.254 e. The molecule has 0 saturated carbocycles. The Bertz CT molecular complexity index is 1240. The van der Waals surface area contributed by atoms with Crippen LogP contribution in [-0.4, -0.2) is 51.8 Å². The van der Waals surface area contributed by atoms with Crippen LogP contribution in [0.4, 0.5) is 5.69 Å². The van der Waals surface area contributed by atoms with E-state index in [1.54, 1.807) is 16.0 Å². The van der Waals surface area contributed by atoms with E-state index in [4.69, 9.17) is 4.98 Å². The number of rotatable bonds is 4. The Kier molecular flexibility index (Phi) is 5.43. The number of fused-ring (bicyclic) bond motifs is 1. The van der Waals surface area contributed by atoms with Crippen molar-refractivity contribution in [2.75, 3.05) is 25.0 Å². The molecule has 32 heavy (non-hydrogen) atoms. The SMILES string of the molecule is Cc1nn(C)c2nc(-c3cccs3)cc(C(=O)N(C)C3CCN(c4ccccc4)CC3)c12. The average molecular weight is 446 g/mol. The van der Waals surface area contributed by atoms with Gasteiger partial charge in [0.25, 0.3) is 5.91 Å². The summed E-state index contributed by atoms with van der Waals surface area (Å²) in [5.41, 5.74) is 4.36. The molecule has 1 aliphatic heterocycles. The number of amides is 1. The van der Waals surface area contributed by atoms with Crippen molar-refractivity contribution in [2.24, 2.45) is 7.05 Å². The number of nitrogens with zero attached hydrogens (tertiary/aromatic N) is 5. The maximum atomic E-state index is 13.7. The Morgan fingerprint density at radius 1 is 1.12 bits per heavy atom. The molecule has 0 spiro atoms. The number of benzene rings is 1. The summed E-state index contributed by atoms with van der Waals surface area (Å²) in [7, 11) is 3.83. The molecule has 1 aromatic carbocycles. The van der Waals surface area contributed by atoms with Crippen LogP contribution in [0.2, 0.25) is 0 Å². The van der Waals surface area contributed by atoms with E-state index < -0.39 is 0 Å². The summed E-state index contributed by atoms with van der Waals surface area (Å²) in [4.78, 5) is 24.0. The van der Waals surface area contributed by atoms with Crippen LogP contribution in [0.1, 0.15) is 28.9 Å². The number of carbonyl (C=O) groups excluding carboxylic acids is 1. The number of para-hydroxylation sites is 1. The molecular formula is C25H27N5OS. The first-order valence-corrected chi connectivity index (χ1v) is 11.9. The molecule has 0 aliphatic carbocycles. The second-order valence-electron chi connectivity index (χ2n) is 8.41. The van der Waals surface area contributed by atoms with Gasteiger partial charge in [0.05, 0.1) is 27.2 Å². The van der Waals surface area contributed by atoms with E-state index in [1.165, 1.54) is 5.69 Å². The highest BCUT2D eigenvalue weighted by molar-refractivity contribution is 7.13. The van der Waals surface area contributed by atoms with E-state index >= 15 is 0 Å². The number of hydrogen-bond donors (Lipinski definition) is 0. The second kappa shape index (κ2) is 8.39. The van der Waals surface area contributed by atoms with Crippen molar-refractivity contribution >= 4 is 34.0 Å². The molecule has 4 aromatic rings. The minimum absolute atomic E-state index is 0.0458. The van der Waals surface area contributed by atoms with Gasteiger partial charge in [0.2, 0.25) is 0 Å². The number of carbonyl (C=O) groups is 1. The van der Waals surface area contributed by atoms with E-state index in [1.807, 2.05) is 55.6 Å². The third kappa shape index (κ3) is 3.66. The van der Waals surface area contributed by atoms with Crippen molar-refractivity contribution in [2.45, 2.75) is 25.8 Å². The minimum atomic E-state index is 0.0458. The molecule has 4 heterocycles. The summed E-state index contributed by atoms with van der Waals surface area (Å²) in [6, 6.07) is 16.7. The van der Waals surface area contributed by atoms with Crippen LogP contribution in [0.5, 0.6) is 0 Å². The van der Waals surface area contributed by atoms with Gasteiger partial charge >= 0.3 is 0 Å². The topological polar surface area (TPSA) is 54.3 Å². The van der Waals surface area contributed by atoms with E-state index in [0.717, 1.165) is 53.2 Å². The zero-order valence-electron chi connectivity index (χ0n) is 18.7. The molecule has 1 saturated heterocycles. The summed E-state index contributed by atoms with van der Waals surface area (Å²) in [6.07, 6.45) is 1.91. The second-order valence-corrected chi connectivity index (χ2v) is 9.36. The first kappa shape index (κ1) is 20.7. The zero-order valence-corrected chi connectivity index (χ0v) is 19.5. The molecular weight excluding hydrogens is 418 g/mol. The number of aryl methyl sites for hydroxylation is 2. The van der Waals surface area contributed by atoms with Crippen molar-refractivity contribution in [3.05, 3.63) is 65.2 Å². The monoisotopic (exact) mass is 445 g/mol. The van der Waals surface area contributed by atoms with Crippen LogP contribution in [0.25, 0.3) is 21.6 Å². The first-order valence-electron chi connectivity index (χ1n) is 11.0. The summed E-state index contributed by atoms with van der Waals surface area (Å²) < 4.78 is 1.77. The highest BCUT2D eigenvalue weighted by Gasteiger charge is 2.28. The van der Waals surface area contributed by atoms with Gasteiger partial charge in [-0.15, -0.1) is 11.3 Å². The zero-order chi connectivity index (χ0) is 22.2. The molecule has 1 amide bonds. The van der Waals surface area contributed by atoms with Gasteiger partial charge in [0.15, 0.2) is 5.65 Å². The molecule has 164 valence electrons. The van der Waals surface area contributed by atoms with Crippen LogP contribution in [-0.2, 0) is 7.05 Å². The fourth-order valence-electron chi connectivity index (χ4n) is 4.67. The van der Waals surface area contributed by atoms with Gasteiger partial charge in [-0.05, 0) is 49.4 Å². The predicted molar refractivity (Wildman–Crippen MR) is 130 cm³/mol. The number of aromatic nitrogens is 3. The molecule has 6 nitrogen and oxygen atoms in total. The predicted octanol–water partition coefficient (Wildman–Crippen LogP) is 4.75. The van der Waals surface area contributed by atoms with Gasteiger partial charge in [-0.2, -0.15) is 5.10 Å². The number of hydrogen-bond acceptors (Lipinski definition) is 5. The van der Waals surface area contributed by atoms with Crippen molar-refractivity contribution in [1.82, 2.24) is 19.7 Å². The molecule has 1 aliphatic rings. The van der Waals surface area contributed by atoms with E-state index in [2.05, 4.69) is 34.3 Å². The molecule has 3 aromatic heterocycles. The molecule has 5 rings (SSSR count). The lowest BCUT2D eigenvalue weighted by atomic mass is 10.0. The Hall–Kier alpha value is -3.19. The summed E-state index contributed by atoms with van der Waals surface area (Å²) >= 11 is 1.63. The molecule has 0 radical (unpaired) electrons. The van der Waals surface area contributed by atoms with Crippen molar-refractivity contribution in [1.29, 1.82) is 0 Å². The third-order valence-electron chi connectivity index (χ3n) is 6.43.